The van der Waals surface area contributed by atoms with Gasteiger partial charge in [0.05, 0.1) is 0 Å². The van der Waals surface area contributed by atoms with E-state index in [1.165, 1.54) is 17.5 Å². The highest BCUT2D eigenvalue weighted by Gasteiger charge is 2.16. The zero-order valence-corrected chi connectivity index (χ0v) is 12.3. The molecule has 0 aromatic heterocycles. The molecule has 1 aromatic rings. The number of nitrogens with one attached hydrogen (secondary N) is 1. The van der Waals surface area contributed by atoms with E-state index in [1.807, 2.05) is 0 Å². The predicted octanol–water partition coefficient (Wildman–Crippen LogP) is 4.45. The van der Waals surface area contributed by atoms with Crippen LogP contribution in [0.1, 0.15) is 44.4 Å². The van der Waals surface area contributed by atoms with Gasteiger partial charge in [0.1, 0.15) is 0 Å². The average Bonchev–Trinajstić information content (AvgIpc) is 2.23. The van der Waals surface area contributed by atoms with Crippen LogP contribution in [-0.4, -0.2) is 6.54 Å². The van der Waals surface area contributed by atoms with Crippen molar-refractivity contribution >= 4 is 15.9 Å². The van der Waals surface area contributed by atoms with E-state index in [1.54, 1.807) is 0 Å². The third kappa shape index (κ3) is 3.60. The van der Waals surface area contributed by atoms with E-state index in [0.29, 0.717) is 12.0 Å². The fourth-order valence-electron chi connectivity index (χ4n) is 1.95. The summed E-state index contributed by atoms with van der Waals surface area (Å²) in [5.41, 5.74) is 2.78. The van der Waals surface area contributed by atoms with Gasteiger partial charge in [-0.2, -0.15) is 0 Å². The molecule has 1 N–H and O–H groups in total. The van der Waals surface area contributed by atoms with Crippen LogP contribution < -0.4 is 5.32 Å². The van der Waals surface area contributed by atoms with E-state index < -0.39 is 0 Å². The predicted molar refractivity (Wildman–Crippen MR) is 74.8 cm³/mol. The Hall–Kier alpha value is -0.340. The fourth-order valence-corrected chi connectivity index (χ4v) is 2.33. The molecule has 2 heteroatoms. The van der Waals surface area contributed by atoms with Crippen molar-refractivity contribution in [2.24, 2.45) is 5.92 Å². The van der Waals surface area contributed by atoms with Crippen LogP contribution in [0.4, 0.5) is 0 Å². The van der Waals surface area contributed by atoms with Gasteiger partial charge in [-0.3, -0.25) is 0 Å². The first-order chi connectivity index (χ1) is 7.56. The van der Waals surface area contributed by atoms with Gasteiger partial charge < -0.3 is 5.32 Å². The summed E-state index contributed by atoms with van der Waals surface area (Å²) in [4.78, 5) is 0. The highest BCUT2D eigenvalue weighted by molar-refractivity contribution is 9.10. The monoisotopic (exact) mass is 283 g/mol. The van der Waals surface area contributed by atoms with Crippen LogP contribution in [0.3, 0.4) is 0 Å². The van der Waals surface area contributed by atoms with Crippen LogP contribution in [0, 0.1) is 12.8 Å². The molecule has 1 nitrogen and oxygen atoms in total. The first-order valence-corrected chi connectivity index (χ1v) is 6.85. The van der Waals surface area contributed by atoms with Crippen molar-refractivity contribution < 1.29 is 0 Å². The number of hydrogen-bond donors (Lipinski definition) is 1. The molecule has 16 heavy (non-hydrogen) atoms. The van der Waals surface area contributed by atoms with Gasteiger partial charge >= 0.3 is 0 Å². The van der Waals surface area contributed by atoms with Gasteiger partial charge in [-0.05, 0) is 49.1 Å². The number of rotatable bonds is 5. The fraction of sp³-hybridized carbons (Fsp3) is 0.571. The van der Waals surface area contributed by atoms with Crippen LogP contribution in [0.25, 0.3) is 0 Å². The maximum absolute atomic E-state index is 3.63. The lowest BCUT2D eigenvalue weighted by Crippen LogP contribution is -2.27. The van der Waals surface area contributed by atoms with E-state index in [0.717, 1.165) is 11.0 Å². The molecular formula is C14H22BrN. The van der Waals surface area contributed by atoms with E-state index in [2.05, 4.69) is 67.1 Å². The molecular weight excluding hydrogens is 262 g/mol. The Kier molecular flexibility index (Phi) is 5.50. The van der Waals surface area contributed by atoms with Gasteiger partial charge in [0.2, 0.25) is 0 Å². The molecule has 0 heterocycles. The molecule has 0 amide bonds. The molecule has 0 spiro atoms. The average molecular weight is 284 g/mol. The zero-order chi connectivity index (χ0) is 12.1. The Labute approximate surface area is 108 Å². The van der Waals surface area contributed by atoms with Gasteiger partial charge in [-0.1, -0.05) is 42.8 Å². The molecule has 0 saturated heterocycles. The van der Waals surface area contributed by atoms with E-state index in [9.17, 15) is 0 Å². The van der Waals surface area contributed by atoms with Gasteiger partial charge in [0, 0.05) is 10.5 Å². The minimum Gasteiger partial charge on any atom is -0.310 e. The van der Waals surface area contributed by atoms with Crippen molar-refractivity contribution in [1.82, 2.24) is 5.32 Å². The zero-order valence-electron chi connectivity index (χ0n) is 10.7. The smallest absolute Gasteiger partial charge is 0.0346 e. The molecule has 0 fully saturated rings. The molecule has 0 aliphatic rings. The summed E-state index contributed by atoms with van der Waals surface area (Å²) in [6.45, 7) is 10.0. The lowest BCUT2D eigenvalue weighted by atomic mass is 9.92. The molecule has 1 atom stereocenters. The molecule has 1 rings (SSSR count). The van der Waals surface area contributed by atoms with Crippen LogP contribution in [0.5, 0.6) is 0 Å². The van der Waals surface area contributed by atoms with Gasteiger partial charge in [0.25, 0.3) is 0 Å². The molecule has 0 aliphatic carbocycles. The Balaban J connectivity index is 2.95. The Bertz CT molecular complexity index is 334. The van der Waals surface area contributed by atoms with Gasteiger partial charge in [-0.25, -0.2) is 0 Å². The number of benzene rings is 1. The van der Waals surface area contributed by atoms with Gasteiger partial charge in [0.15, 0.2) is 0 Å². The van der Waals surface area contributed by atoms with Crippen LogP contribution in [0.2, 0.25) is 0 Å². The summed E-state index contributed by atoms with van der Waals surface area (Å²) in [6.07, 6.45) is 1.18. The van der Waals surface area contributed by atoms with Crippen molar-refractivity contribution in [3.05, 3.63) is 33.8 Å². The third-order valence-corrected chi connectivity index (χ3v) is 3.35. The number of hydrogen-bond acceptors (Lipinski definition) is 1. The maximum atomic E-state index is 3.63. The van der Waals surface area contributed by atoms with Gasteiger partial charge in [-0.15, -0.1) is 0 Å². The summed E-state index contributed by atoms with van der Waals surface area (Å²) < 4.78 is 1.16. The third-order valence-electron chi connectivity index (χ3n) is 2.86. The van der Waals surface area contributed by atoms with E-state index in [-0.39, 0.29) is 0 Å². The molecule has 90 valence electrons. The highest BCUT2D eigenvalue weighted by atomic mass is 79.9. The second-order valence-corrected chi connectivity index (χ2v) is 5.59. The number of halogens is 1. The quantitative estimate of drug-likeness (QED) is 0.842. The minimum atomic E-state index is 0.456. The molecule has 0 aliphatic heterocycles. The Morgan fingerprint density at radius 2 is 2.00 bits per heavy atom. The summed E-state index contributed by atoms with van der Waals surface area (Å²) >= 11 is 3.55. The maximum Gasteiger partial charge on any atom is 0.0346 e. The molecule has 0 saturated carbocycles. The van der Waals surface area contributed by atoms with Crippen molar-refractivity contribution in [3.8, 4) is 0 Å². The number of aryl methyl sites for hydroxylation is 1. The summed E-state index contributed by atoms with van der Waals surface area (Å²) in [5, 5.41) is 3.63. The Morgan fingerprint density at radius 1 is 1.31 bits per heavy atom. The SMILES string of the molecule is CCCNC(c1cc(Br)ccc1C)C(C)C. The van der Waals surface area contributed by atoms with Crippen molar-refractivity contribution in [2.75, 3.05) is 6.54 Å². The molecule has 1 unspecified atom stereocenters. The molecule has 0 bridgehead atoms. The summed E-state index contributed by atoms with van der Waals surface area (Å²) in [6, 6.07) is 6.98. The highest BCUT2D eigenvalue weighted by Crippen LogP contribution is 2.27. The summed E-state index contributed by atoms with van der Waals surface area (Å²) in [5.74, 6) is 0.611. The van der Waals surface area contributed by atoms with Crippen LogP contribution in [-0.2, 0) is 0 Å². The largest absolute Gasteiger partial charge is 0.310 e. The van der Waals surface area contributed by atoms with E-state index >= 15 is 0 Å². The molecule has 0 radical (unpaired) electrons. The molecule has 1 aromatic carbocycles. The second-order valence-electron chi connectivity index (χ2n) is 4.68. The van der Waals surface area contributed by atoms with Crippen LogP contribution >= 0.6 is 15.9 Å². The normalized spacial score (nSPS) is 13.1. The minimum absolute atomic E-state index is 0.456. The summed E-state index contributed by atoms with van der Waals surface area (Å²) in [7, 11) is 0. The van der Waals surface area contributed by atoms with Crippen molar-refractivity contribution in [2.45, 2.75) is 40.2 Å². The second kappa shape index (κ2) is 6.41. The first kappa shape index (κ1) is 13.7. The van der Waals surface area contributed by atoms with Crippen molar-refractivity contribution in [3.63, 3.8) is 0 Å². The first-order valence-electron chi connectivity index (χ1n) is 6.05. The topological polar surface area (TPSA) is 12.0 Å². The van der Waals surface area contributed by atoms with Crippen molar-refractivity contribution in [1.29, 1.82) is 0 Å². The lowest BCUT2D eigenvalue weighted by molar-refractivity contribution is 0.411. The Morgan fingerprint density at radius 3 is 2.56 bits per heavy atom. The standard InChI is InChI=1S/C14H22BrN/c1-5-8-16-14(10(2)3)13-9-12(15)7-6-11(13)4/h6-7,9-10,14,16H,5,8H2,1-4H3. The van der Waals surface area contributed by atoms with E-state index in [4.69, 9.17) is 0 Å². The lowest BCUT2D eigenvalue weighted by Gasteiger charge is -2.24. The van der Waals surface area contributed by atoms with Crippen LogP contribution in [0.15, 0.2) is 22.7 Å².